The number of halogens is 5. The zero-order valence-corrected chi connectivity index (χ0v) is 21.7. The van der Waals surface area contributed by atoms with Gasteiger partial charge in [0.05, 0.1) is 0 Å². The lowest BCUT2D eigenvalue weighted by Gasteiger charge is -2.40. The quantitative estimate of drug-likeness (QED) is 0.262. The normalized spacial score (nSPS) is 17.7. The highest BCUT2D eigenvalue weighted by Gasteiger charge is 2.65. The van der Waals surface area contributed by atoms with Crippen molar-refractivity contribution in [3.8, 4) is 11.1 Å². The largest absolute Gasteiger partial charge is 0.382 e. The number of anilines is 1. The lowest BCUT2D eigenvalue weighted by Crippen LogP contribution is -2.42. The Morgan fingerprint density at radius 1 is 0.868 bits per heavy atom. The van der Waals surface area contributed by atoms with Gasteiger partial charge >= 0.3 is 10.2 Å². The zero-order valence-electron chi connectivity index (χ0n) is 20.1. The van der Waals surface area contributed by atoms with Crippen LogP contribution >= 0.6 is 10.2 Å². The number of aryl methyl sites for hydroxylation is 1. The molecule has 0 saturated carbocycles. The van der Waals surface area contributed by atoms with Crippen LogP contribution in [0.25, 0.3) is 16.8 Å². The van der Waals surface area contributed by atoms with Gasteiger partial charge in [0.25, 0.3) is 10.0 Å². The summed E-state index contributed by atoms with van der Waals surface area (Å²) < 4.78 is 94.0. The molecule has 1 aliphatic rings. The van der Waals surface area contributed by atoms with Gasteiger partial charge in [-0.1, -0.05) is 19.4 Å². The molecule has 0 unspecified atom stereocenters. The van der Waals surface area contributed by atoms with Gasteiger partial charge in [0, 0.05) is 60.2 Å². The average molecular weight is 574 g/mol. The van der Waals surface area contributed by atoms with Crippen LogP contribution in [-0.2, 0) is 10.0 Å². The first kappa shape index (κ1) is 26.4. The van der Waals surface area contributed by atoms with Gasteiger partial charge in [-0.2, -0.15) is 4.31 Å². The minimum absolute atomic E-state index is 0.0841. The molecule has 0 spiro atoms. The smallest absolute Gasteiger partial charge is 0.310 e. The Bertz CT molecular complexity index is 1600. The predicted octanol–water partition coefficient (Wildman–Crippen LogP) is 6.63. The van der Waals surface area contributed by atoms with Gasteiger partial charge in [-0.05, 0) is 68.3 Å². The third-order valence-corrected chi connectivity index (χ3v) is 9.47. The number of sulfonamides is 1. The predicted molar refractivity (Wildman–Crippen MR) is 136 cm³/mol. The topological polar surface area (TPSA) is 79.6 Å². The molecule has 1 aromatic carbocycles. The van der Waals surface area contributed by atoms with Crippen molar-refractivity contribution in [2.24, 2.45) is 0 Å². The van der Waals surface area contributed by atoms with Crippen LogP contribution in [0.4, 0.5) is 25.1 Å². The van der Waals surface area contributed by atoms with Crippen LogP contribution in [0.2, 0.25) is 0 Å². The van der Waals surface area contributed by atoms with Gasteiger partial charge in [0.15, 0.2) is 5.03 Å². The van der Waals surface area contributed by atoms with E-state index in [0.717, 1.165) is 34.6 Å². The molecular formula is C24H24F5N5O2S2. The average Bonchev–Trinajstić information content (AvgIpc) is 3.23. The number of nitrogens with zero attached hydrogens (tertiary/aromatic N) is 4. The molecule has 1 saturated heterocycles. The van der Waals surface area contributed by atoms with Crippen molar-refractivity contribution < 1.29 is 27.8 Å². The first-order valence-corrected chi connectivity index (χ1v) is 15.0. The van der Waals surface area contributed by atoms with Crippen molar-refractivity contribution in [2.75, 3.05) is 18.4 Å². The standard InChI is InChI=1S/C24H24F5N5O2S2/c1-17-14-30-23-8-2-19(16-34(17)23)18-3-9-24(31-15-18)37(35,36)33-12-10-21(11-13-33)32-20-4-6-22(7-5-20)38(25,26,27,28)29/h2-9,14-16,21,32H,10-13H2,1H3. The van der Waals surface area contributed by atoms with E-state index in [1.165, 1.54) is 16.6 Å². The van der Waals surface area contributed by atoms with Crippen molar-refractivity contribution in [1.29, 1.82) is 0 Å². The molecule has 7 nitrogen and oxygen atoms in total. The Morgan fingerprint density at radius 3 is 2.13 bits per heavy atom. The third-order valence-electron chi connectivity index (χ3n) is 6.49. The molecule has 0 amide bonds. The summed E-state index contributed by atoms with van der Waals surface area (Å²) in [7, 11) is -13.6. The van der Waals surface area contributed by atoms with Crippen LogP contribution in [-0.4, -0.2) is 46.2 Å². The fourth-order valence-electron chi connectivity index (χ4n) is 4.39. The number of piperidine rings is 1. The molecule has 204 valence electrons. The molecular weight excluding hydrogens is 549 g/mol. The van der Waals surface area contributed by atoms with E-state index < -0.39 is 25.1 Å². The fraction of sp³-hybridized carbons (Fsp3) is 0.250. The number of fused-ring (bicyclic) bond motifs is 1. The maximum atomic E-state index is 13.1. The van der Waals surface area contributed by atoms with Crippen molar-refractivity contribution >= 4 is 31.6 Å². The second-order valence-corrected chi connectivity index (χ2v) is 13.5. The van der Waals surface area contributed by atoms with E-state index in [1.54, 1.807) is 12.3 Å². The summed E-state index contributed by atoms with van der Waals surface area (Å²) in [5.74, 6) is 0. The molecule has 0 radical (unpaired) electrons. The number of hydrogen-bond acceptors (Lipinski definition) is 5. The SMILES string of the molecule is Cc1cnc2ccc(-c3ccc(S(=O)(=O)N4CCC(Nc5ccc(S(F)(F)(F)(F)F)cc5)CC4)nc3)cn12. The van der Waals surface area contributed by atoms with Crippen LogP contribution in [0.15, 0.2) is 77.0 Å². The molecule has 5 rings (SSSR count). The minimum atomic E-state index is -9.73. The molecule has 4 heterocycles. The Kier molecular flexibility index (Phi) is 5.82. The van der Waals surface area contributed by atoms with E-state index in [4.69, 9.17) is 0 Å². The Morgan fingerprint density at radius 2 is 1.53 bits per heavy atom. The summed E-state index contributed by atoms with van der Waals surface area (Å²) >= 11 is 0. The Hall–Kier alpha value is -3.23. The Labute approximate surface area is 216 Å². The van der Waals surface area contributed by atoms with E-state index >= 15 is 0 Å². The first-order chi connectivity index (χ1) is 17.6. The molecule has 1 aliphatic heterocycles. The molecule has 14 heteroatoms. The summed E-state index contributed by atoms with van der Waals surface area (Å²) in [5, 5.41) is 2.91. The van der Waals surface area contributed by atoms with Gasteiger partial charge in [0.1, 0.15) is 10.5 Å². The van der Waals surface area contributed by atoms with Gasteiger partial charge < -0.3 is 9.72 Å². The van der Waals surface area contributed by atoms with E-state index in [-0.39, 0.29) is 29.8 Å². The molecule has 0 atom stereocenters. The van der Waals surface area contributed by atoms with Gasteiger partial charge in [-0.25, -0.2) is 18.4 Å². The van der Waals surface area contributed by atoms with Crippen LogP contribution < -0.4 is 5.32 Å². The summed E-state index contributed by atoms with van der Waals surface area (Å²) in [5.41, 5.74) is 3.62. The summed E-state index contributed by atoms with van der Waals surface area (Å²) in [4.78, 5) is 6.53. The van der Waals surface area contributed by atoms with E-state index in [9.17, 15) is 27.8 Å². The Balaban J connectivity index is 1.23. The van der Waals surface area contributed by atoms with Crippen molar-refractivity contribution in [3.63, 3.8) is 0 Å². The zero-order chi connectivity index (χ0) is 27.4. The number of benzene rings is 1. The molecule has 4 aromatic rings. The van der Waals surface area contributed by atoms with Crippen molar-refractivity contribution in [3.05, 3.63) is 72.8 Å². The van der Waals surface area contributed by atoms with Gasteiger partial charge in [0.2, 0.25) is 0 Å². The van der Waals surface area contributed by atoms with Crippen molar-refractivity contribution in [1.82, 2.24) is 18.7 Å². The summed E-state index contributed by atoms with van der Waals surface area (Å²) in [6.07, 6.45) is 5.93. The van der Waals surface area contributed by atoms with Crippen LogP contribution in [0.3, 0.4) is 0 Å². The summed E-state index contributed by atoms with van der Waals surface area (Å²) in [6, 6.07) is 9.28. The maximum absolute atomic E-state index is 13.1. The molecule has 3 aromatic heterocycles. The van der Waals surface area contributed by atoms with E-state index in [2.05, 4.69) is 15.3 Å². The molecule has 0 bridgehead atoms. The lowest BCUT2D eigenvalue weighted by molar-refractivity contribution is 0.329. The molecule has 38 heavy (non-hydrogen) atoms. The van der Waals surface area contributed by atoms with Gasteiger partial charge in [-0.3, -0.25) is 0 Å². The second kappa shape index (κ2) is 8.38. The molecule has 1 fully saturated rings. The van der Waals surface area contributed by atoms with E-state index in [0.29, 0.717) is 25.0 Å². The number of imidazole rings is 1. The molecule has 1 N–H and O–H groups in total. The number of aromatic nitrogens is 3. The lowest BCUT2D eigenvalue weighted by atomic mass is 10.1. The fourth-order valence-corrected chi connectivity index (χ4v) is 6.43. The highest BCUT2D eigenvalue weighted by Crippen LogP contribution is 3.02. The molecule has 0 aliphatic carbocycles. The van der Waals surface area contributed by atoms with Crippen molar-refractivity contribution in [2.45, 2.75) is 35.7 Å². The van der Waals surface area contributed by atoms with Crippen LogP contribution in [0, 0.1) is 6.92 Å². The number of hydrogen-bond donors (Lipinski definition) is 1. The van der Waals surface area contributed by atoms with Gasteiger partial charge in [-0.15, -0.1) is 0 Å². The monoisotopic (exact) mass is 573 g/mol. The minimum Gasteiger partial charge on any atom is -0.382 e. The highest BCUT2D eigenvalue weighted by atomic mass is 32.5. The first-order valence-electron chi connectivity index (χ1n) is 11.6. The maximum Gasteiger partial charge on any atom is 0.310 e. The second-order valence-electron chi connectivity index (χ2n) is 9.25. The van der Waals surface area contributed by atoms with Crippen LogP contribution in [0.5, 0.6) is 0 Å². The number of nitrogens with one attached hydrogen (secondary N) is 1. The highest BCUT2D eigenvalue weighted by molar-refractivity contribution is 8.45. The summed E-state index contributed by atoms with van der Waals surface area (Å²) in [6.45, 7) is 2.27. The number of rotatable bonds is 6. The number of pyridine rings is 2. The third kappa shape index (κ3) is 5.33. The van der Waals surface area contributed by atoms with E-state index in [1.807, 2.05) is 29.7 Å². The van der Waals surface area contributed by atoms with Crippen LogP contribution in [0.1, 0.15) is 18.5 Å².